The van der Waals surface area contributed by atoms with Gasteiger partial charge in [-0.15, -0.1) is 0 Å². The molecular formula is C20H12Br3O2S+. The van der Waals surface area contributed by atoms with Crippen LogP contribution in [0.3, 0.4) is 0 Å². The first-order valence-electron chi connectivity index (χ1n) is 7.77. The highest BCUT2D eigenvalue weighted by molar-refractivity contribution is 9.40. The number of halogens is 3. The maximum Gasteiger partial charge on any atom is 0.350 e. The number of carbonyl (C=O) groups is 1. The average molecular weight is 556 g/mol. The Hall–Kier alpha value is -1.21. The van der Waals surface area contributed by atoms with Crippen LogP contribution in [0.25, 0.3) is 25.1 Å². The molecule has 0 unspecified atom stereocenters. The Bertz CT molecular complexity index is 1060. The molecule has 0 aliphatic rings. The van der Waals surface area contributed by atoms with Crippen molar-refractivity contribution in [2.45, 2.75) is 2.14 Å². The van der Waals surface area contributed by atoms with Crippen molar-refractivity contribution in [1.29, 1.82) is 0 Å². The quantitative estimate of drug-likeness (QED) is 0.111. The van der Waals surface area contributed by atoms with E-state index >= 15 is 0 Å². The highest BCUT2D eigenvalue weighted by Gasteiger charge is 2.31. The van der Waals surface area contributed by atoms with Gasteiger partial charge >= 0.3 is 5.97 Å². The summed E-state index contributed by atoms with van der Waals surface area (Å²) < 4.78 is 6.95. The lowest BCUT2D eigenvalue weighted by molar-refractivity contribution is -0.132. The van der Waals surface area contributed by atoms with E-state index in [1.807, 2.05) is 24.3 Å². The van der Waals surface area contributed by atoms with Gasteiger partial charge in [0.25, 0.3) is 0 Å². The van der Waals surface area contributed by atoms with E-state index in [2.05, 4.69) is 96.3 Å². The molecule has 0 N–H and O–H groups in total. The molecule has 4 rings (SSSR count). The van der Waals surface area contributed by atoms with Crippen LogP contribution in [-0.2, 0) is 4.79 Å². The molecule has 0 spiro atoms. The second kappa shape index (κ2) is 7.08. The number of carbonyl (C=O) groups excluding carboxylic acids is 1. The van der Waals surface area contributed by atoms with Crippen molar-refractivity contribution in [3.8, 4) is 10.6 Å². The summed E-state index contributed by atoms with van der Waals surface area (Å²) in [7, 11) is -0.147. The number of hydrogen-bond donors (Lipinski definition) is 0. The highest BCUT2D eigenvalue weighted by atomic mass is 80.0. The van der Waals surface area contributed by atoms with E-state index in [0.29, 0.717) is 5.75 Å². The maximum absolute atomic E-state index is 11.9. The summed E-state index contributed by atoms with van der Waals surface area (Å²) in [4.78, 5) is 13.1. The van der Waals surface area contributed by atoms with Gasteiger partial charge in [-0.25, -0.2) is 4.79 Å². The lowest BCUT2D eigenvalue weighted by atomic mass is 10.2. The SMILES string of the molecule is O=C(Oc1ccc(-[s+]2c3ccccc3c3ccccc32)cc1)C(Br)(Br)Br. The van der Waals surface area contributed by atoms with Crippen LogP contribution in [0, 0.1) is 0 Å². The molecule has 0 atom stereocenters. The molecule has 130 valence electrons. The summed E-state index contributed by atoms with van der Waals surface area (Å²) in [5.41, 5.74) is 0. The summed E-state index contributed by atoms with van der Waals surface area (Å²) >= 11 is 9.50. The number of alkyl halides is 3. The minimum Gasteiger partial charge on any atom is -0.424 e. The number of hydrogen-bond acceptors (Lipinski definition) is 2. The Morgan fingerprint density at radius 3 is 1.77 bits per heavy atom. The Labute approximate surface area is 178 Å². The van der Waals surface area contributed by atoms with Crippen molar-refractivity contribution in [2.24, 2.45) is 0 Å². The van der Waals surface area contributed by atoms with Crippen molar-refractivity contribution in [2.75, 3.05) is 0 Å². The molecule has 0 aliphatic carbocycles. The van der Waals surface area contributed by atoms with Crippen molar-refractivity contribution in [1.82, 2.24) is 0 Å². The first-order valence-corrected chi connectivity index (χ1v) is 11.4. The summed E-state index contributed by atoms with van der Waals surface area (Å²) in [5.74, 6) is 0.0371. The highest BCUT2D eigenvalue weighted by Crippen LogP contribution is 2.48. The van der Waals surface area contributed by atoms with Crippen LogP contribution in [0.5, 0.6) is 5.75 Å². The lowest BCUT2D eigenvalue weighted by Crippen LogP contribution is -2.23. The van der Waals surface area contributed by atoms with Crippen molar-refractivity contribution < 1.29 is 9.53 Å². The van der Waals surface area contributed by atoms with Crippen molar-refractivity contribution in [3.63, 3.8) is 0 Å². The van der Waals surface area contributed by atoms with Crippen LogP contribution in [0.15, 0.2) is 72.8 Å². The first kappa shape index (κ1) is 18.2. The van der Waals surface area contributed by atoms with E-state index in [9.17, 15) is 4.79 Å². The number of benzene rings is 3. The first-order chi connectivity index (χ1) is 12.4. The number of ether oxygens (including phenoxy) is 1. The third kappa shape index (κ3) is 3.36. The Morgan fingerprint density at radius 2 is 1.27 bits per heavy atom. The van der Waals surface area contributed by atoms with Gasteiger partial charge in [0.2, 0.25) is 2.14 Å². The predicted molar refractivity (Wildman–Crippen MR) is 120 cm³/mol. The maximum atomic E-state index is 11.9. The molecule has 0 radical (unpaired) electrons. The van der Waals surface area contributed by atoms with E-state index in [1.165, 1.54) is 25.1 Å². The van der Waals surface area contributed by atoms with E-state index in [4.69, 9.17) is 4.74 Å². The van der Waals surface area contributed by atoms with E-state index in [-0.39, 0.29) is 10.5 Å². The Morgan fingerprint density at radius 1 is 0.769 bits per heavy atom. The molecule has 0 amide bonds. The molecule has 0 saturated carbocycles. The molecule has 6 heteroatoms. The van der Waals surface area contributed by atoms with Gasteiger partial charge in [-0.1, -0.05) is 24.3 Å². The smallest absolute Gasteiger partial charge is 0.350 e. The predicted octanol–water partition coefficient (Wildman–Crippen LogP) is 7.48. The van der Waals surface area contributed by atoms with Gasteiger partial charge in [-0.05, 0) is 84.2 Å². The van der Waals surface area contributed by atoms with Gasteiger partial charge in [-0.3, -0.25) is 0 Å². The third-order valence-corrected chi connectivity index (χ3v) is 7.31. The zero-order valence-corrected chi connectivity index (χ0v) is 18.9. The lowest BCUT2D eigenvalue weighted by Gasteiger charge is -2.10. The molecule has 1 heterocycles. The van der Waals surface area contributed by atoms with Crippen LogP contribution < -0.4 is 4.74 Å². The van der Waals surface area contributed by atoms with E-state index in [1.54, 1.807) is 0 Å². The zero-order chi connectivity index (χ0) is 18.3. The van der Waals surface area contributed by atoms with Crippen LogP contribution in [-0.4, -0.2) is 8.11 Å². The fourth-order valence-electron chi connectivity index (χ4n) is 2.92. The third-order valence-electron chi connectivity index (χ3n) is 4.01. The zero-order valence-electron chi connectivity index (χ0n) is 13.3. The minimum absolute atomic E-state index is 0.147. The Kier molecular flexibility index (Phi) is 4.94. The normalized spacial score (nSPS) is 11.8. The van der Waals surface area contributed by atoms with Gasteiger partial charge in [0, 0.05) is 33.4 Å². The molecule has 4 aromatic rings. The fraction of sp³-hybridized carbons (Fsp3) is 0.0500. The molecule has 3 aromatic carbocycles. The second-order valence-corrected chi connectivity index (χ2v) is 14.4. The van der Waals surface area contributed by atoms with Gasteiger partial charge in [0.05, 0.1) is 0 Å². The number of rotatable bonds is 2. The van der Waals surface area contributed by atoms with Crippen LogP contribution in [0.2, 0.25) is 0 Å². The fourth-order valence-corrected chi connectivity index (χ4v) is 5.54. The number of esters is 1. The standard InChI is InChI=1S/C20H12Br3O2S/c21-20(22,23)19(24)25-13-9-11-14(12-10-13)26-17-7-3-1-5-15(17)16-6-2-4-8-18(16)26/h1-12H/q+1. The minimum atomic E-state index is -1.07. The van der Waals surface area contributed by atoms with E-state index in [0.717, 1.165) is 0 Å². The topological polar surface area (TPSA) is 26.3 Å². The van der Waals surface area contributed by atoms with Gasteiger partial charge < -0.3 is 4.74 Å². The summed E-state index contributed by atoms with van der Waals surface area (Å²) in [5, 5.41) is 2.59. The van der Waals surface area contributed by atoms with Crippen molar-refractivity contribution >= 4 is 84.4 Å². The Balaban J connectivity index is 1.79. The summed E-state index contributed by atoms with van der Waals surface area (Å²) in [6.07, 6.45) is 0. The molecule has 0 aliphatic heterocycles. The van der Waals surface area contributed by atoms with Gasteiger partial charge in [0.1, 0.15) is 5.75 Å². The molecule has 0 fully saturated rings. The summed E-state index contributed by atoms with van der Waals surface area (Å²) in [6.45, 7) is 0. The van der Waals surface area contributed by atoms with Gasteiger partial charge in [-0.2, -0.15) is 0 Å². The molecule has 2 nitrogen and oxygen atoms in total. The summed E-state index contributed by atoms with van der Waals surface area (Å²) in [6, 6.07) is 24.8. The number of thiophene rings is 1. The molecule has 0 saturated heterocycles. The van der Waals surface area contributed by atoms with Crippen LogP contribution in [0.4, 0.5) is 0 Å². The molecule has 1 aromatic heterocycles. The number of fused-ring (bicyclic) bond motifs is 3. The van der Waals surface area contributed by atoms with Crippen LogP contribution >= 0.6 is 58.3 Å². The van der Waals surface area contributed by atoms with E-state index < -0.39 is 8.11 Å². The van der Waals surface area contributed by atoms with Gasteiger partial charge in [0.15, 0.2) is 14.3 Å². The molecule has 26 heavy (non-hydrogen) atoms. The van der Waals surface area contributed by atoms with Crippen molar-refractivity contribution in [3.05, 3.63) is 72.8 Å². The van der Waals surface area contributed by atoms with Crippen LogP contribution in [0.1, 0.15) is 0 Å². The molecular weight excluding hydrogens is 544 g/mol. The average Bonchev–Trinajstić information content (AvgIpc) is 2.96. The largest absolute Gasteiger partial charge is 0.424 e. The monoisotopic (exact) mass is 553 g/mol. The second-order valence-electron chi connectivity index (χ2n) is 5.66. The molecule has 0 bridgehead atoms.